The number of rotatable bonds is 0. The molecular formula is C11H8N2S. The molecule has 68 valence electrons. The molecule has 3 aromatic rings. The molecule has 2 heterocycles. The highest BCUT2D eigenvalue weighted by atomic mass is 32.1. The van der Waals surface area contributed by atoms with Gasteiger partial charge in [-0.3, -0.25) is 0 Å². The summed E-state index contributed by atoms with van der Waals surface area (Å²) in [6.07, 6.45) is 0. The van der Waals surface area contributed by atoms with Crippen LogP contribution >= 0.6 is 11.3 Å². The van der Waals surface area contributed by atoms with Gasteiger partial charge in [-0.25, -0.2) is 4.98 Å². The molecule has 0 aliphatic heterocycles. The Balaban J connectivity index is 2.57. The van der Waals surface area contributed by atoms with Crippen LogP contribution in [-0.2, 0) is 0 Å². The summed E-state index contributed by atoms with van der Waals surface area (Å²) in [6.45, 7) is 0. The van der Waals surface area contributed by atoms with E-state index in [1.807, 2.05) is 24.3 Å². The SMILES string of the molecule is Nc1ccc2c(n1)sc1ccccc12. The van der Waals surface area contributed by atoms with E-state index >= 15 is 0 Å². The molecule has 0 saturated heterocycles. The van der Waals surface area contributed by atoms with Crippen molar-refractivity contribution < 1.29 is 0 Å². The zero-order valence-corrected chi connectivity index (χ0v) is 8.21. The predicted molar refractivity (Wildman–Crippen MR) is 61.5 cm³/mol. The third kappa shape index (κ3) is 0.992. The van der Waals surface area contributed by atoms with E-state index in [1.54, 1.807) is 11.3 Å². The van der Waals surface area contributed by atoms with Crippen LogP contribution in [0.15, 0.2) is 36.4 Å². The van der Waals surface area contributed by atoms with Gasteiger partial charge in [0.25, 0.3) is 0 Å². The van der Waals surface area contributed by atoms with E-state index in [1.165, 1.54) is 15.5 Å². The normalized spacial score (nSPS) is 11.1. The molecule has 0 spiro atoms. The molecule has 0 saturated carbocycles. The van der Waals surface area contributed by atoms with Crippen LogP contribution in [0.3, 0.4) is 0 Å². The van der Waals surface area contributed by atoms with Gasteiger partial charge in [0, 0.05) is 15.5 Å². The molecule has 0 amide bonds. The third-order valence-corrected chi connectivity index (χ3v) is 3.35. The van der Waals surface area contributed by atoms with Gasteiger partial charge in [0.15, 0.2) is 0 Å². The topological polar surface area (TPSA) is 38.9 Å². The van der Waals surface area contributed by atoms with Crippen molar-refractivity contribution in [1.82, 2.24) is 4.98 Å². The molecule has 0 atom stereocenters. The second-order valence-electron chi connectivity index (χ2n) is 3.19. The van der Waals surface area contributed by atoms with E-state index in [-0.39, 0.29) is 0 Å². The van der Waals surface area contributed by atoms with Crippen LogP contribution in [-0.4, -0.2) is 4.98 Å². The van der Waals surface area contributed by atoms with Gasteiger partial charge in [-0.15, -0.1) is 11.3 Å². The molecule has 0 aliphatic rings. The van der Waals surface area contributed by atoms with E-state index in [9.17, 15) is 0 Å². The van der Waals surface area contributed by atoms with Crippen molar-refractivity contribution in [3.63, 3.8) is 0 Å². The number of pyridine rings is 1. The van der Waals surface area contributed by atoms with Gasteiger partial charge in [0.2, 0.25) is 0 Å². The van der Waals surface area contributed by atoms with Crippen molar-refractivity contribution in [1.29, 1.82) is 0 Å². The maximum absolute atomic E-state index is 5.64. The Morgan fingerprint density at radius 2 is 1.86 bits per heavy atom. The molecule has 14 heavy (non-hydrogen) atoms. The Bertz CT molecular complexity index is 613. The van der Waals surface area contributed by atoms with E-state index in [0.29, 0.717) is 5.82 Å². The lowest BCUT2D eigenvalue weighted by Crippen LogP contribution is -1.86. The van der Waals surface area contributed by atoms with Gasteiger partial charge in [-0.1, -0.05) is 18.2 Å². The lowest BCUT2D eigenvalue weighted by atomic mass is 10.2. The molecule has 2 N–H and O–H groups in total. The second kappa shape index (κ2) is 2.69. The van der Waals surface area contributed by atoms with Gasteiger partial charge < -0.3 is 5.73 Å². The standard InChI is InChI=1S/C11H8N2S/c12-10-6-5-8-7-3-1-2-4-9(7)14-11(8)13-10/h1-6H,(H2,12,13). The van der Waals surface area contributed by atoms with Crippen LogP contribution in [0, 0.1) is 0 Å². The lowest BCUT2D eigenvalue weighted by molar-refractivity contribution is 1.45. The van der Waals surface area contributed by atoms with Crippen LogP contribution < -0.4 is 5.73 Å². The number of nitrogen functional groups attached to an aromatic ring is 1. The number of anilines is 1. The van der Waals surface area contributed by atoms with Crippen LogP contribution in [0.4, 0.5) is 5.82 Å². The Labute approximate surface area is 85.0 Å². The van der Waals surface area contributed by atoms with Gasteiger partial charge in [-0.2, -0.15) is 0 Å². The summed E-state index contributed by atoms with van der Waals surface area (Å²) in [5, 5.41) is 2.46. The first-order chi connectivity index (χ1) is 6.84. The largest absolute Gasteiger partial charge is 0.384 e. The summed E-state index contributed by atoms with van der Waals surface area (Å²) < 4.78 is 1.26. The number of aromatic nitrogens is 1. The average molecular weight is 200 g/mol. The molecule has 1 aromatic carbocycles. The number of nitrogens with zero attached hydrogens (tertiary/aromatic N) is 1. The summed E-state index contributed by atoms with van der Waals surface area (Å²) in [5.41, 5.74) is 5.64. The minimum atomic E-state index is 0.587. The predicted octanol–water partition coefficient (Wildman–Crippen LogP) is 3.03. The Morgan fingerprint density at radius 3 is 2.79 bits per heavy atom. The molecule has 0 unspecified atom stereocenters. The van der Waals surface area contributed by atoms with Crippen LogP contribution in [0.25, 0.3) is 20.3 Å². The second-order valence-corrected chi connectivity index (χ2v) is 4.22. The first kappa shape index (κ1) is 7.76. The van der Waals surface area contributed by atoms with Crippen LogP contribution in [0.1, 0.15) is 0 Å². The Hall–Kier alpha value is -1.61. The molecule has 0 fully saturated rings. The molecule has 0 aliphatic carbocycles. The van der Waals surface area contributed by atoms with Crippen molar-refractivity contribution in [2.45, 2.75) is 0 Å². The van der Waals surface area contributed by atoms with Gasteiger partial charge in [0.05, 0.1) is 0 Å². The summed E-state index contributed by atoms with van der Waals surface area (Å²) in [6, 6.07) is 12.2. The monoisotopic (exact) mass is 200 g/mol. The first-order valence-corrected chi connectivity index (χ1v) is 5.20. The summed E-state index contributed by atoms with van der Waals surface area (Å²) in [5.74, 6) is 0.587. The highest BCUT2D eigenvalue weighted by Gasteiger charge is 2.04. The summed E-state index contributed by atoms with van der Waals surface area (Å²) >= 11 is 1.68. The Morgan fingerprint density at radius 1 is 1.00 bits per heavy atom. The van der Waals surface area contributed by atoms with E-state index in [4.69, 9.17) is 5.73 Å². The van der Waals surface area contributed by atoms with Crippen molar-refractivity contribution in [3.8, 4) is 0 Å². The van der Waals surface area contributed by atoms with E-state index < -0.39 is 0 Å². The first-order valence-electron chi connectivity index (χ1n) is 4.38. The quantitative estimate of drug-likeness (QED) is 0.605. The molecule has 0 radical (unpaired) electrons. The fourth-order valence-electron chi connectivity index (χ4n) is 1.62. The van der Waals surface area contributed by atoms with E-state index in [2.05, 4.69) is 17.1 Å². The van der Waals surface area contributed by atoms with E-state index in [0.717, 1.165) is 4.83 Å². The lowest BCUT2D eigenvalue weighted by Gasteiger charge is -1.91. The zero-order chi connectivity index (χ0) is 9.54. The molecule has 2 aromatic heterocycles. The fraction of sp³-hybridized carbons (Fsp3) is 0. The third-order valence-electron chi connectivity index (χ3n) is 2.27. The highest BCUT2D eigenvalue weighted by Crippen LogP contribution is 2.32. The molecular weight excluding hydrogens is 192 g/mol. The number of thiophene rings is 1. The number of hydrogen-bond donors (Lipinski definition) is 1. The van der Waals surface area contributed by atoms with Crippen molar-refractivity contribution in [2.24, 2.45) is 0 Å². The minimum absolute atomic E-state index is 0.587. The number of nitrogens with two attached hydrogens (primary N) is 1. The minimum Gasteiger partial charge on any atom is -0.384 e. The molecule has 0 bridgehead atoms. The molecule has 3 rings (SSSR count). The van der Waals surface area contributed by atoms with Gasteiger partial charge >= 0.3 is 0 Å². The smallest absolute Gasteiger partial charge is 0.126 e. The summed E-state index contributed by atoms with van der Waals surface area (Å²) in [7, 11) is 0. The zero-order valence-electron chi connectivity index (χ0n) is 7.40. The molecule has 3 heteroatoms. The molecule has 2 nitrogen and oxygen atoms in total. The number of hydrogen-bond acceptors (Lipinski definition) is 3. The average Bonchev–Trinajstić information content (AvgIpc) is 2.54. The number of fused-ring (bicyclic) bond motifs is 3. The van der Waals surface area contributed by atoms with Crippen molar-refractivity contribution in [2.75, 3.05) is 5.73 Å². The summed E-state index contributed by atoms with van der Waals surface area (Å²) in [4.78, 5) is 5.33. The maximum Gasteiger partial charge on any atom is 0.126 e. The van der Waals surface area contributed by atoms with Crippen molar-refractivity contribution in [3.05, 3.63) is 36.4 Å². The van der Waals surface area contributed by atoms with Crippen LogP contribution in [0.2, 0.25) is 0 Å². The van der Waals surface area contributed by atoms with Gasteiger partial charge in [0.1, 0.15) is 10.6 Å². The number of benzene rings is 1. The highest BCUT2D eigenvalue weighted by molar-refractivity contribution is 7.25. The van der Waals surface area contributed by atoms with Crippen LogP contribution in [0.5, 0.6) is 0 Å². The Kier molecular flexibility index (Phi) is 1.49. The maximum atomic E-state index is 5.64. The van der Waals surface area contributed by atoms with Gasteiger partial charge in [-0.05, 0) is 18.2 Å². The fourth-order valence-corrected chi connectivity index (χ4v) is 2.70. The van der Waals surface area contributed by atoms with Crippen molar-refractivity contribution >= 4 is 37.5 Å².